The number of methoxy groups -OCH3 is 1. The van der Waals surface area contributed by atoms with E-state index in [-0.39, 0.29) is 11.6 Å². The Morgan fingerprint density at radius 3 is 2.25 bits per heavy atom. The van der Waals surface area contributed by atoms with E-state index in [4.69, 9.17) is 14.6 Å². The van der Waals surface area contributed by atoms with Crippen LogP contribution in [0, 0.1) is 17.8 Å². The van der Waals surface area contributed by atoms with Gasteiger partial charge in [0.1, 0.15) is 0 Å². The number of likely N-dealkylation sites (tertiary alicyclic amines) is 2. The summed E-state index contributed by atoms with van der Waals surface area (Å²) in [5.74, 6) is 1.23. The smallest absolute Gasteiger partial charge is 0.407 e. The molecule has 182 valence electrons. The molecule has 32 heavy (non-hydrogen) atoms. The van der Waals surface area contributed by atoms with Crippen LogP contribution in [0.25, 0.3) is 0 Å². The highest BCUT2D eigenvalue weighted by atomic mass is 16.6. The van der Waals surface area contributed by atoms with Crippen LogP contribution in [-0.2, 0) is 9.47 Å². The molecule has 4 aliphatic rings. The van der Waals surface area contributed by atoms with E-state index >= 15 is 0 Å². The highest BCUT2D eigenvalue weighted by molar-refractivity contribution is 5.74. The molecule has 3 aliphatic heterocycles. The molecule has 0 bridgehead atoms. The number of carbonyl (C=O) groups is 2. The molecule has 3 saturated heterocycles. The van der Waals surface area contributed by atoms with Crippen LogP contribution in [0.2, 0.25) is 0 Å². The summed E-state index contributed by atoms with van der Waals surface area (Å²) in [6.45, 7) is 9.05. The first-order valence-corrected chi connectivity index (χ1v) is 12.0. The molecule has 0 radical (unpaired) electrons. The fraction of sp³-hybridized carbons (Fsp3) is 0.833. The number of carbonyl (C=O) groups excluding carboxylic acids is 1. The summed E-state index contributed by atoms with van der Waals surface area (Å²) in [7, 11) is 3.46. The first-order valence-electron chi connectivity index (χ1n) is 12.0. The lowest BCUT2D eigenvalue weighted by Crippen LogP contribution is -2.39. The average molecular weight is 452 g/mol. The van der Waals surface area contributed by atoms with Gasteiger partial charge in [-0.1, -0.05) is 24.5 Å². The monoisotopic (exact) mass is 451 g/mol. The third kappa shape index (κ3) is 5.57. The van der Waals surface area contributed by atoms with Gasteiger partial charge in [-0.2, -0.15) is 0 Å². The van der Waals surface area contributed by atoms with Gasteiger partial charge in [0.2, 0.25) is 0 Å². The summed E-state index contributed by atoms with van der Waals surface area (Å²) in [4.78, 5) is 25.3. The lowest BCUT2D eigenvalue weighted by atomic mass is 9.76. The molecule has 0 aromatic carbocycles. The van der Waals surface area contributed by atoms with Crippen molar-refractivity contribution in [3.8, 4) is 0 Å². The number of rotatable bonds is 4. The van der Waals surface area contributed by atoms with Crippen molar-refractivity contribution in [3.63, 3.8) is 0 Å². The number of nitrogens with zero attached hydrogens (tertiary/aromatic N) is 2. The molecule has 0 aromatic rings. The van der Waals surface area contributed by atoms with E-state index in [1.165, 1.54) is 36.2 Å². The minimum Gasteiger partial charge on any atom is -0.465 e. The second-order valence-corrected chi connectivity index (χ2v) is 10.1. The van der Waals surface area contributed by atoms with E-state index in [0.29, 0.717) is 56.1 Å². The number of allylic oxidation sites excluding steroid dienone is 1. The van der Waals surface area contributed by atoms with Gasteiger partial charge >= 0.3 is 12.1 Å². The fourth-order valence-corrected chi connectivity index (χ4v) is 5.73. The third-order valence-electron chi connectivity index (χ3n) is 7.72. The molecule has 1 saturated carbocycles. The number of ether oxygens (including phenoxy) is 2. The quantitative estimate of drug-likeness (QED) is 0.503. The summed E-state index contributed by atoms with van der Waals surface area (Å²) in [6.07, 6.45) is 8.43. The van der Waals surface area contributed by atoms with Crippen LogP contribution in [0.1, 0.15) is 52.9 Å². The number of nitrogens with one attached hydrogen (secondary N) is 1. The van der Waals surface area contributed by atoms with E-state index in [9.17, 15) is 9.59 Å². The zero-order valence-electron chi connectivity index (χ0n) is 20.3. The van der Waals surface area contributed by atoms with Crippen molar-refractivity contribution in [2.75, 3.05) is 40.3 Å². The van der Waals surface area contributed by atoms with Gasteiger partial charge in [0.15, 0.2) is 0 Å². The van der Waals surface area contributed by atoms with Crippen molar-refractivity contribution in [2.45, 2.75) is 70.7 Å². The number of hydrogen-bond acceptors (Lipinski definition) is 4. The Hall–Kier alpha value is -1.80. The molecule has 6 atom stereocenters. The number of hydrogen-bond donors (Lipinski definition) is 2. The number of fused-ring (bicyclic) bond motifs is 1. The Morgan fingerprint density at radius 2 is 1.72 bits per heavy atom. The second-order valence-electron chi connectivity index (χ2n) is 10.1. The second kappa shape index (κ2) is 10.4. The Kier molecular flexibility index (Phi) is 8.09. The predicted octanol–water partition coefficient (Wildman–Crippen LogP) is 3.57. The van der Waals surface area contributed by atoms with E-state index in [1.807, 2.05) is 7.11 Å². The molecular formula is C24H41N3O5. The summed E-state index contributed by atoms with van der Waals surface area (Å²) in [6, 6.07) is -0.0636. The molecule has 0 spiro atoms. The van der Waals surface area contributed by atoms with Crippen LogP contribution in [0.5, 0.6) is 0 Å². The van der Waals surface area contributed by atoms with Crippen molar-refractivity contribution in [1.29, 1.82) is 0 Å². The molecule has 4 rings (SSSR count). The molecule has 2 N–H and O–H groups in total. The van der Waals surface area contributed by atoms with Crippen LogP contribution in [-0.4, -0.2) is 85.2 Å². The number of epoxide rings is 1. The summed E-state index contributed by atoms with van der Waals surface area (Å²) in [5.41, 5.74) is 1.46. The van der Waals surface area contributed by atoms with Crippen molar-refractivity contribution in [2.24, 2.45) is 17.8 Å². The Labute approximate surface area is 192 Å². The van der Waals surface area contributed by atoms with Crippen molar-refractivity contribution in [3.05, 3.63) is 11.6 Å². The molecule has 3 amide bonds. The minimum absolute atomic E-state index is 0.0636. The number of urea groups is 1. The minimum atomic E-state index is -0.851. The van der Waals surface area contributed by atoms with Crippen LogP contribution in [0.15, 0.2) is 11.6 Å². The number of carboxylic acid groups (broad SMARTS) is 1. The molecule has 3 heterocycles. The predicted molar refractivity (Wildman–Crippen MR) is 123 cm³/mol. The average Bonchev–Trinajstić information content (AvgIpc) is 3.08. The van der Waals surface area contributed by atoms with E-state index < -0.39 is 6.09 Å². The first kappa shape index (κ1) is 24.8. The maximum absolute atomic E-state index is 11.3. The van der Waals surface area contributed by atoms with Crippen molar-refractivity contribution in [1.82, 2.24) is 15.1 Å². The summed E-state index contributed by atoms with van der Waals surface area (Å²) < 4.78 is 11.7. The van der Waals surface area contributed by atoms with Gasteiger partial charge in [0.05, 0.1) is 17.8 Å². The topological polar surface area (TPSA) is 94.6 Å². The molecule has 1 aliphatic carbocycles. The molecule has 4 fully saturated rings. The lowest BCUT2D eigenvalue weighted by Gasteiger charge is -2.33. The van der Waals surface area contributed by atoms with Crippen molar-refractivity contribution < 1.29 is 24.2 Å². The zero-order valence-corrected chi connectivity index (χ0v) is 20.3. The third-order valence-corrected chi connectivity index (χ3v) is 7.72. The first-order chi connectivity index (χ1) is 15.2. The maximum atomic E-state index is 11.3. The van der Waals surface area contributed by atoms with Crippen LogP contribution < -0.4 is 5.32 Å². The van der Waals surface area contributed by atoms with E-state index in [1.54, 1.807) is 11.9 Å². The Morgan fingerprint density at radius 1 is 1.12 bits per heavy atom. The Balaban J connectivity index is 0.000000182. The molecular weight excluding hydrogens is 410 g/mol. The van der Waals surface area contributed by atoms with Gasteiger partial charge in [0.25, 0.3) is 0 Å². The summed E-state index contributed by atoms with van der Waals surface area (Å²) >= 11 is 0. The van der Waals surface area contributed by atoms with Gasteiger partial charge in [-0.25, -0.2) is 9.59 Å². The van der Waals surface area contributed by atoms with Crippen LogP contribution in [0.4, 0.5) is 9.59 Å². The highest BCUT2D eigenvalue weighted by Gasteiger charge is 2.58. The maximum Gasteiger partial charge on any atom is 0.407 e. The Bertz CT molecular complexity index is 696. The molecule has 8 nitrogen and oxygen atoms in total. The largest absolute Gasteiger partial charge is 0.465 e. The van der Waals surface area contributed by atoms with Gasteiger partial charge in [-0.15, -0.1) is 0 Å². The normalized spacial score (nSPS) is 35.5. The highest BCUT2D eigenvalue weighted by Crippen LogP contribution is 2.50. The zero-order chi connectivity index (χ0) is 23.5. The number of amides is 3. The van der Waals surface area contributed by atoms with Gasteiger partial charge in [0, 0.05) is 58.1 Å². The van der Waals surface area contributed by atoms with E-state index in [0.717, 1.165) is 6.42 Å². The SMILES string of the molecule is CNC(=O)N1CC2CN(C(=O)O)CC2C1.COC1CCCCC1C1(C)OC1CC=C(C)C. The van der Waals surface area contributed by atoms with E-state index in [2.05, 4.69) is 32.2 Å². The summed E-state index contributed by atoms with van der Waals surface area (Å²) in [5, 5.41) is 11.4. The standard InChI is InChI=1S/C15H26O2.C9H15N3O3/c1-11(2)9-10-14-15(3,17-14)12-7-5-6-8-13(12)16-4;1-10-8(13)11-2-6-4-12(9(14)15)5-7(6)3-11/h9,12-14H,5-8,10H2,1-4H3;6-7H,2-5H2,1H3,(H,10,13)(H,14,15). The van der Waals surface area contributed by atoms with Crippen LogP contribution in [0.3, 0.4) is 0 Å². The van der Waals surface area contributed by atoms with Crippen LogP contribution >= 0.6 is 0 Å². The molecule has 0 aromatic heterocycles. The molecule has 6 unspecified atom stereocenters. The fourth-order valence-electron chi connectivity index (χ4n) is 5.73. The lowest BCUT2D eigenvalue weighted by molar-refractivity contribution is -0.00777. The van der Waals surface area contributed by atoms with Gasteiger partial charge in [-0.05, 0) is 40.0 Å². The molecule has 8 heteroatoms. The van der Waals surface area contributed by atoms with Gasteiger partial charge < -0.3 is 29.7 Å². The van der Waals surface area contributed by atoms with Gasteiger partial charge in [-0.3, -0.25) is 0 Å². The van der Waals surface area contributed by atoms with Crippen molar-refractivity contribution >= 4 is 12.1 Å².